The molecule has 2 aromatic carbocycles. The smallest absolute Gasteiger partial charge is 0.338 e. The van der Waals surface area contributed by atoms with E-state index < -0.39 is 23.9 Å². The van der Waals surface area contributed by atoms with E-state index in [1.807, 2.05) is 0 Å². The molecule has 0 unspecified atom stereocenters. The summed E-state index contributed by atoms with van der Waals surface area (Å²) in [6.45, 7) is 0.438. The van der Waals surface area contributed by atoms with E-state index >= 15 is 0 Å². The van der Waals surface area contributed by atoms with Gasteiger partial charge in [0.15, 0.2) is 0 Å². The number of hydrogen-bond donors (Lipinski definition) is 2. The van der Waals surface area contributed by atoms with Gasteiger partial charge in [0.05, 0.1) is 35.5 Å². The maximum atomic E-state index is 12.0. The van der Waals surface area contributed by atoms with Gasteiger partial charge >= 0.3 is 23.9 Å². The second-order valence-corrected chi connectivity index (χ2v) is 8.53. The van der Waals surface area contributed by atoms with Crippen molar-refractivity contribution in [3.63, 3.8) is 0 Å². The summed E-state index contributed by atoms with van der Waals surface area (Å²) in [6, 6.07) is 11.8. The number of aliphatic hydroxyl groups excluding tert-OH is 1. The standard InChI is InChI=1S/C16H20O5.C10H8O4/c17-10-16(8-2-1-3-9-16)11-21-15(20)13-6-4-12(5-7-13)14(18)19;11-9-7-1-2-8(4-3-7)10(12)14-6-5-13-9/h4-7,17H,1-3,8-11H2,(H,18,19);1-4H,5-6H2. The van der Waals surface area contributed by atoms with Crippen LogP contribution in [0.5, 0.6) is 0 Å². The summed E-state index contributed by atoms with van der Waals surface area (Å²) in [4.78, 5) is 45.2. The molecule has 186 valence electrons. The summed E-state index contributed by atoms with van der Waals surface area (Å²) in [6.07, 6.45) is 4.99. The third-order valence-electron chi connectivity index (χ3n) is 6.03. The molecule has 9 heteroatoms. The van der Waals surface area contributed by atoms with Gasteiger partial charge in [0, 0.05) is 5.41 Å². The molecule has 35 heavy (non-hydrogen) atoms. The van der Waals surface area contributed by atoms with Crippen LogP contribution in [0.4, 0.5) is 0 Å². The van der Waals surface area contributed by atoms with Crippen LogP contribution in [-0.2, 0) is 14.2 Å². The lowest BCUT2D eigenvalue weighted by Gasteiger charge is -2.34. The van der Waals surface area contributed by atoms with Gasteiger partial charge in [0.1, 0.15) is 13.2 Å². The van der Waals surface area contributed by atoms with E-state index in [1.165, 1.54) is 24.3 Å². The van der Waals surface area contributed by atoms with E-state index in [9.17, 15) is 24.3 Å². The van der Waals surface area contributed by atoms with Crippen LogP contribution < -0.4 is 0 Å². The molecule has 0 spiro atoms. The van der Waals surface area contributed by atoms with Gasteiger partial charge in [-0.2, -0.15) is 0 Å². The predicted molar refractivity (Wildman–Crippen MR) is 123 cm³/mol. The average molecular weight is 485 g/mol. The molecule has 2 aliphatic heterocycles. The van der Waals surface area contributed by atoms with Crippen molar-refractivity contribution in [2.75, 3.05) is 26.4 Å². The maximum absolute atomic E-state index is 12.0. The zero-order valence-corrected chi connectivity index (χ0v) is 19.2. The molecule has 2 aromatic rings. The van der Waals surface area contributed by atoms with Crippen molar-refractivity contribution in [1.82, 2.24) is 0 Å². The van der Waals surface area contributed by atoms with E-state index in [1.54, 1.807) is 24.3 Å². The van der Waals surface area contributed by atoms with Crippen LogP contribution in [0.3, 0.4) is 0 Å². The molecule has 2 bridgehead atoms. The van der Waals surface area contributed by atoms with Crippen molar-refractivity contribution in [2.45, 2.75) is 32.1 Å². The first-order valence-electron chi connectivity index (χ1n) is 11.4. The Bertz CT molecular complexity index is 998. The molecule has 5 rings (SSSR count). The van der Waals surface area contributed by atoms with E-state index in [4.69, 9.17) is 19.3 Å². The monoisotopic (exact) mass is 484 g/mol. The molecule has 1 fully saturated rings. The van der Waals surface area contributed by atoms with E-state index in [0.29, 0.717) is 16.7 Å². The second kappa shape index (κ2) is 12.1. The van der Waals surface area contributed by atoms with Crippen LogP contribution in [0.1, 0.15) is 73.5 Å². The molecule has 0 aromatic heterocycles. The van der Waals surface area contributed by atoms with Gasteiger partial charge in [-0.25, -0.2) is 19.2 Å². The molecule has 2 N–H and O–H groups in total. The lowest BCUT2D eigenvalue weighted by molar-refractivity contribution is -0.00605. The number of carboxylic acids is 1. The number of esters is 3. The number of aliphatic hydroxyl groups is 1. The third-order valence-corrected chi connectivity index (χ3v) is 6.03. The van der Waals surface area contributed by atoms with Gasteiger partial charge < -0.3 is 24.4 Å². The minimum Gasteiger partial charge on any atom is -0.478 e. The lowest BCUT2D eigenvalue weighted by atomic mass is 9.75. The van der Waals surface area contributed by atoms with Gasteiger partial charge in [0.2, 0.25) is 0 Å². The number of carboxylic acid groups (broad SMARTS) is 1. The number of fused-ring (bicyclic) bond motifs is 7. The van der Waals surface area contributed by atoms with Crippen molar-refractivity contribution >= 4 is 23.9 Å². The molecular weight excluding hydrogens is 456 g/mol. The molecule has 0 atom stereocenters. The quantitative estimate of drug-likeness (QED) is 0.482. The molecule has 3 aliphatic rings. The zero-order chi connectivity index (χ0) is 25.3. The Morgan fingerprint density at radius 1 is 0.800 bits per heavy atom. The molecule has 0 saturated heterocycles. The van der Waals surface area contributed by atoms with Gasteiger partial charge in [-0.05, 0) is 61.4 Å². The molecule has 1 saturated carbocycles. The van der Waals surface area contributed by atoms with Crippen LogP contribution in [0.15, 0.2) is 48.5 Å². The topological polar surface area (TPSA) is 136 Å². The Morgan fingerprint density at radius 3 is 1.74 bits per heavy atom. The number of benzene rings is 2. The normalized spacial score (nSPS) is 16.7. The number of carbonyl (C=O) groups excluding carboxylic acids is 3. The fourth-order valence-electron chi connectivity index (χ4n) is 3.88. The van der Waals surface area contributed by atoms with Crippen molar-refractivity contribution in [3.8, 4) is 0 Å². The van der Waals surface area contributed by atoms with Gasteiger partial charge in [-0.15, -0.1) is 0 Å². The number of ether oxygens (including phenoxy) is 3. The van der Waals surface area contributed by atoms with Gasteiger partial charge in [-0.3, -0.25) is 0 Å². The van der Waals surface area contributed by atoms with Crippen LogP contribution in [0, 0.1) is 5.41 Å². The minimum absolute atomic E-state index is 0.0260. The first-order valence-corrected chi connectivity index (χ1v) is 11.4. The number of rotatable bonds is 5. The fraction of sp³-hybridized carbons (Fsp3) is 0.385. The summed E-state index contributed by atoms with van der Waals surface area (Å²) in [5.41, 5.74) is 1.04. The number of carbonyl (C=O) groups is 4. The molecule has 0 amide bonds. The molecular formula is C26H28O9. The second-order valence-electron chi connectivity index (χ2n) is 8.53. The SMILES string of the molecule is O=C(O)c1ccc(C(=O)OCC2(CO)CCCCC2)cc1.O=C1OCCOC(=O)c2ccc1cc2. The fourth-order valence-corrected chi connectivity index (χ4v) is 3.88. The Hall–Kier alpha value is -3.72. The highest BCUT2D eigenvalue weighted by Gasteiger charge is 2.33. The van der Waals surface area contributed by atoms with Crippen molar-refractivity contribution < 1.29 is 43.6 Å². The van der Waals surface area contributed by atoms with E-state index in [0.717, 1.165) is 32.1 Å². The van der Waals surface area contributed by atoms with Gasteiger partial charge in [-0.1, -0.05) is 19.3 Å². The summed E-state index contributed by atoms with van der Waals surface area (Å²) < 4.78 is 15.0. The highest BCUT2D eigenvalue weighted by atomic mass is 16.6. The largest absolute Gasteiger partial charge is 0.478 e. The van der Waals surface area contributed by atoms with Crippen molar-refractivity contribution in [2.24, 2.45) is 5.41 Å². The van der Waals surface area contributed by atoms with Crippen molar-refractivity contribution in [3.05, 3.63) is 70.8 Å². The lowest BCUT2D eigenvalue weighted by Crippen LogP contribution is -2.34. The highest BCUT2D eigenvalue weighted by Crippen LogP contribution is 2.36. The molecule has 9 nitrogen and oxygen atoms in total. The average Bonchev–Trinajstić information content (AvgIpc) is 2.90. The summed E-state index contributed by atoms with van der Waals surface area (Å²) in [7, 11) is 0. The summed E-state index contributed by atoms with van der Waals surface area (Å²) in [5, 5.41) is 18.4. The van der Waals surface area contributed by atoms with Crippen LogP contribution in [-0.4, -0.2) is 60.5 Å². The summed E-state index contributed by atoms with van der Waals surface area (Å²) >= 11 is 0. The van der Waals surface area contributed by atoms with Crippen LogP contribution in [0.2, 0.25) is 0 Å². The Balaban J connectivity index is 0.000000211. The maximum Gasteiger partial charge on any atom is 0.338 e. The van der Waals surface area contributed by atoms with E-state index in [2.05, 4.69) is 0 Å². The zero-order valence-electron chi connectivity index (χ0n) is 19.2. The van der Waals surface area contributed by atoms with Gasteiger partial charge in [0.25, 0.3) is 0 Å². The first kappa shape index (κ1) is 25.9. The highest BCUT2D eigenvalue weighted by molar-refractivity contribution is 5.94. The number of aromatic carboxylic acids is 1. The van der Waals surface area contributed by atoms with Crippen molar-refractivity contribution in [1.29, 1.82) is 0 Å². The van der Waals surface area contributed by atoms with Crippen LogP contribution >= 0.6 is 0 Å². The van der Waals surface area contributed by atoms with Crippen LogP contribution in [0.25, 0.3) is 0 Å². The molecule has 2 heterocycles. The Labute approximate surface area is 202 Å². The third kappa shape index (κ3) is 7.13. The predicted octanol–water partition coefficient (Wildman–Crippen LogP) is 3.50. The Morgan fingerprint density at radius 2 is 1.29 bits per heavy atom. The first-order chi connectivity index (χ1) is 16.8. The number of hydrogen-bond acceptors (Lipinski definition) is 8. The Kier molecular flexibility index (Phi) is 8.97. The van der Waals surface area contributed by atoms with E-state index in [-0.39, 0.29) is 37.4 Å². The molecule has 1 aliphatic carbocycles. The summed E-state index contributed by atoms with van der Waals surface area (Å²) in [5.74, 6) is -2.30. The minimum atomic E-state index is -1.03. The molecule has 0 radical (unpaired) electrons.